The lowest BCUT2D eigenvalue weighted by Gasteiger charge is -2.34. The first-order valence-electron chi connectivity index (χ1n) is 7.91. The van der Waals surface area contributed by atoms with Crippen molar-refractivity contribution >= 4 is 9.84 Å². The molecule has 0 saturated heterocycles. The Morgan fingerprint density at radius 2 is 1.74 bits per heavy atom. The van der Waals surface area contributed by atoms with Gasteiger partial charge in [-0.1, -0.05) is 38.5 Å². The van der Waals surface area contributed by atoms with E-state index in [1.807, 2.05) is 0 Å². The van der Waals surface area contributed by atoms with Crippen LogP contribution in [0, 0.1) is 11.8 Å². The Balaban J connectivity index is 1.86. The molecule has 4 heteroatoms. The van der Waals surface area contributed by atoms with Crippen molar-refractivity contribution in [3.8, 4) is 0 Å². The Hall–Kier alpha value is -0.0900. The molecule has 2 aliphatic carbocycles. The fourth-order valence-electron chi connectivity index (χ4n) is 3.96. The van der Waals surface area contributed by atoms with Crippen molar-refractivity contribution in [2.75, 3.05) is 6.26 Å². The zero-order chi connectivity index (χ0) is 13.9. The topological polar surface area (TPSA) is 60.2 Å². The Bertz CT molecular complexity index is 374. The van der Waals surface area contributed by atoms with Gasteiger partial charge in [0.15, 0.2) is 0 Å². The molecule has 0 aliphatic heterocycles. The van der Waals surface area contributed by atoms with Gasteiger partial charge in [0.1, 0.15) is 9.84 Å². The van der Waals surface area contributed by atoms with E-state index in [2.05, 4.69) is 0 Å². The Kier molecular flexibility index (Phi) is 5.29. The van der Waals surface area contributed by atoms with Gasteiger partial charge in [-0.15, -0.1) is 0 Å². The molecule has 2 N–H and O–H groups in total. The van der Waals surface area contributed by atoms with Gasteiger partial charge in [-0.25, -0.2) is 8.42 Å². The van der Waals surface area contributed by atoms with E-state index >= 15 is 0 Å². The average molecular weight is 287 g/mol. The highest BCUT2D eigenvalue weighted by atomic mass is 32.2. The highest BCUT2D eigenvalue weighted by molar-refractivity contribution is 7.91. The number of hydrogen-bond donors (Lipinski definition) is 1. The smallest absolute Gasteiger partial charge is 0.150 e. The van der Waals surface area contributed by atoms with Crippen molar-refractivity contribution in [1.29, 1.82) is 0 Å². The van der Waals surface area contributed by atoms with Crippen LogP contribution in [0.15, 0.2) is 0 Å². The van der Waals surface area contributed by atoms with Gasteiger partial charge < -0.3 is 5.73 Å². The second-order valence-electron chi connectivity index (χ2n) is 6.78. The lowest BCUT2D eigenvalue weighted by Crippen LogP contribution is -2.39. The summed E-state index contributed by atoms with van der Waals surface area (Å²) in [6, 6.07) is 0.215. The average Bonchev–Trinajstić information content (AvgIpc) is 2.39. The normalized spacial score (nSPS) is 32.1. The highest BCUT2D eigenvalue weighted by Gasteiger charge is 2.32. The van der Waals surface area contributed by atoms with Crippen LogP contribution in [0.4, 0.5) is 0 Å². The molecule has 2 aliphatic rings. The second kappa shape index (κ2) is 6.57. The lowest BCUT2D eigenvalue weighted by atomic mass is 9.77. The van der Waals surface area contributed by atoms with Crippen molar-refractivity contribution < 1.29 is 8.42 Å². The lowest BCUT2D eigenvalue weighted by molar-refractivity contribution is 0.242. The highest BCUT2D eigenvalue weighted by Crippen LogP contribution is 2.34. The summed E-state index contributed by atoms with van der Waals surface area (Å²) in [5.74, 6) is 1.22. The summed E-state index contributed by atoms with van der Waals surface area (Å²) in [4.78, 5) is 0. The molecule has 0 bridgehead atoms. The molecule has 3 nitrogen and oxygen atoms in total. The summed E-state index contributed by atoms with van der Waals surface area (Å²) >= 11 is 0. The van der Waals surface area contributed by atoms with Crippen LogP contribution < -0.4 is 5.73 Å². The van der Waals surface area contributed by atoms with Crippen molar-refractivity contribution in [3.63, 3.8) is 0 Å². The minimum atomic E-state index is -2.88. The van der Waals surface area contributed by atoms with Crippen LogP contribution >= 0.6 is 0 Å². The van der Waals surface area contributed by atoms with E-state index in [-0.39, 0.29) is 11.3 Å². The molecule has 19 heavy (non-hydrogen) atoms. The summed E-state index contributed by atoms with van der Waals surface area (Å²) in [5, 5.41) is -0.136. The molecule has 3 atom stereocenters. The zero-order valence-corrected chi connectivity index (χ0v) is 13.0. The predicted molar refractivity (Wildman–Crippen MR) is 79.8 cm³/mol. The van der Waals surface area contributed by atoms with Crippen LogP contribution in [-0.4, -0.2) is 26.0 Å². The van der Waals surface area contributed by atoms with Crippen LogP contribution in [0.25, 0.3) is 0 Å². The van der Waals surface area contributed by atoms with Crippen molar-refractivity contribution in [1.82, 2.24) is 0 Å². The number of nitrogens with two attached hydrogens (primary N) is 1. The van der Waals surface area contributed by atoms with Crippen LogP contribution in [0.3, 0.4) is 0 Å². The minimum Gasteiger partial charge on any atom is -0.327 e. The number of hydrogen-bond acceptors (Lipinski definition) is 3. The molecular weight excluding hydrogens is 258 g/mol. The predicted octanol–water partition coefficient (Wildman–Crippen LogP) is 2.89. The maximum absolute atomic E-state index is 11.7. The Morgan fingerprint density at radius 3 is 2.37 bits per heavy atom. The maximum atomic E-state index is 11.7. The largest absolute Gasteiger partial charge is 0.327 e. The quantitative estimate of drug-likeness (QED) is 0.865. The zero-order valence-electron chi connectivity index (χ0n) is 12.2. The summed E-state index contributed by atoms with van der Waals surface area (Å²) in [5.41, 5.74) is 6.39. The van der Waals surface area contributed by atoms with Gasteiger partial charge in [-0.05, 0) is 37.5 Å². The minimum absolute atomic E-state index is 0.136. The van der Waals surface area contributed by atoms with Crippen LogP contribution in [0.2, 0.25) is 0 Å². The van der Waals surface area contributed by atoms with Gasteiger partial charge in [0.05, 0.1) is 5.25 Å². The molecule has 0 aromatic carbocycles. The van der Waals surface area contributed by atoms with E-state index in [1.54, 1.807) is 0 Å². The number of sulfone groups is 1. The van der Waals surface area contributed by atoms with E-state index in [0.29, 0.717) is 5.92 Å². The summed E-state index contributed by atoms with van der Waals surface area (Å²) < 4.78 is 23.4. The van der Waals surface area contributed by atoms with E-state index in [1.165, 1.54) is 38.4 Å². The first-order chi connectivity index (χ1) is 8.97. The van der Waals surface area contributed by atoms with E-state index in [0.717, 1.165) is 38.0 Å². The SMILES string of the molecule is CS(=O)(=O)C1CCCC(C(N)CC2CCCCC2)C1. The molecule has 2 saturated carbocycles. The fraction of sp³-hybridized carbons (Fsp3) is 1.00. The van der Waals surface area contributed by atoms with Crippen molar-refractivity contribution in [2.24, 2.45) is 17.6 Å². The molecule has 0 amide bonds. The molecule has 0 radical (unpaired) electrons. The molecule has 0 heterocycles. The van der Waals surface area contributed by atoms with Crippen LogP contribution in [-0.2, 0) is 9.84 Å². The summed E-state index contributed by atoms with van der Waals surface area (Å²) in [6.07, 6.45) is 13.0. The third-order valence-electron chi connectivity index (χ3n) is 5.21. The van der Waals surface area contributed by atoms with Crippen molar-refractivity contribution in [2.45, 2.75) is 75.5 Å². The Morgan fingerprint density at radius 1 is 1.05 bits per heavy atom. The third-order valence-corrected chi connectivity index (χ3v) is 6.85. The molecule has 0 aromatic rings. The summed E-state index contributed by atoms with van der Waals surface area (Å²) in [6.45, 7) is 0. The molecular formula is C15H29NO2S. The maximum Gasteiger partial charge on any atom is 0.150 e. The molecule has 3 unspecified atom stereocenters. The molecule has 2 rings (SSSR count). The summed E-state index contributed by atoms with van der Waals surface area (Å²) in [7, 11) is -2.88. The van der Waals surface area contributed by atoms with E-state index in [4.69, 9.17) is 5.73 Å². The van der Waals surface area contributed by atoms with E-state index in [9.17, 15) is 8.42 Å². The van der Waals surface area contributed by atoms with E-state index < -0.39 is 9.84 Å². The van der Waals surface area contributed by atoms with Crippen molar-refractivity contribution in [3.05, 3.63) is 0 Å². The number of rotatable bonds is 4. The van der Waals surface area contributed by atoms with Crippen LogP contribution in [0.1, 0.15) is 64.2 Å². The van der Waals surface area contributed by atoms with Crippen LogP contribution in [0.5, 0.6) is 0 Å². The monoisotopic (exact) mass is 287 g/mol. The van der Waals surface area contributed by atoms with Gasteiger partial charge in [-0.2, -0.15) is 0 Å². The molecule has 0 spiro atoms. The van der Waals surface area contributed by atoms with Gasteiger partial charge >= 0.3 is 0 Å². The molecule has 112 valence electrons. The first-order valence-corrected chi connectivity index (χ1v) is 9.86. The standard InChI is InChI=1S/C15H29NO2S/c1-19(17,18)14-9-5-8-13(11-14)15(16)10-12-6-3-2-4-7-12/h12-15H,2-11,16H2,1H3. The van der Waals surface area contributed by atoms with Gasteiger partial charge in [0, 0.05) is 12.3 Å². The fourth-order valence-corrected chi connectivity index (χ4v) is 5.15. The first kappa shape index (κ1) is 15.3. The van der Waals surface area contributed by atoms with Gasteiger partial charge in [0.25, 0.3) is 0 Å². The Labute approximate surface area is 118 Å². The molecule has 2 fully saturated rings. The molecule has 0 aromatic heterocycles. The second-order valence-corrected chi connectivity index (χ2v) is 9.11. The van der Waals surface area contributed by atoms with Gasteiger partial charge in [0.2, 0.25) is 0 Å². The third kappa shape index (κ3) is 4.45. The van der Waals surface area contributed by atoms with Gasteiger partial charge in [-0.3, -0.25) is 0 Å².